The van der Waals surface area contributed by atoms with Crippen LogP contribution in [0.5, 0.6) is 0 Å². The summed E-state index contributed by atoms with van der Waals surface area (Å²) in [4.78, 5) is 0. The van der Waals surface area contributed by atoms with Gasteiger partial charge in [-0.3, -0.25) is 0 Å². The van der Waals surface area contributed by atoms with Gasteiger partial charge in [-0.05, 0) is 85.4 Å². The fourth-order valence-corrected chi connectivity index (χ4v) is 8.88. The zero-order valence-corrected chi connectivity index (χ0v) is 30.3. The molecular weight excluding hydrogens is 557 g/mol. The van der Waals surface area contributed by atoms with E-state index in [1.807, 2.05) is 0 Å². The Balaban J connectivity index is 1.67. The minimum Gasteiger partial charge on any atom is -0.0740 e. The first kappa shape index (κ1) is 31.6. The maximum atomic E-state index is 2.62. The monoisotopic (exact) mass is 608 g/mol. The molecule has 6 rings (SSSR count). The molecule has 232 valence electrons. The van der Waals surface area contributed by atoms with Gasteiger partial charge in [0, 0.05) is 11.3 Å². The van der Waals surface area contributed by atoms with Crippen LogP contribution in [0.2, 0.25) is 19.6 Å². The van der Waals surface area contributed by atoms with Crippen LogP contribution in [0.15, 0.2) is 108 Å². The molecule has 1 unspecified atom stereocenters. The molecule has 0 saturated heterocycles. The number of hydrogen-bond acceptors (Lipinski definition) is 0. The molecule has 1 heteroatoms. The summed E-state index contributed by atoms with van der Waals surface area (Å²) < 4.78 is 0. The molecule has 0 spiro atoms. The Morgan fingerprint density at radius 3 is 1.78 bits per heavy atom. The Labute approximate surface area is 274 Å². The molecule has 0 amide bonds. The molecule has 0 N–H and O–H groups in total. The largest absolute Gasteiger partial charge is 0.0772 e. The molecular formula is C44H52Si. The average molecular weight is 609 g/mol. The van der Waals surface area contributed by atoms with E-state index in [0.717, 1.165) is 12.8 Å². The normalized spacial score (nSPS) is 16.5. The van der Waals surface area contributed by atoms with Crippen molar-refractivity contribution in [3.05, 3.63) is 153 Å². The van der Waals surface area contributed by atoms with Gasteiger partial charge in [-0.15, -0.1) is 0 Å². The van der Waals surface area contributed by atoms with Crippen LogP contribution >= 0.6 is 0 Å². The van der Waals surface area contributed by atoms with Crippen molar-refractivity contribution in [2.45, 2.75) is 103 Å². The van der Waals surface area contributed by atoms with E-state index < -0.39 is 8.07 Å². The third-order valence-electron chi connectivity index (χ3n) is 10.4. The summed E-state index contributed by atoms with van der Waals surface area (Å²) in [6, 6.07) is 32.4. The van der Waals surface area contributed by atoms with Gasteiger partial charge in [-0.1, -0.05) is 170 Å². The maximum Gasteiger partial charge on any atom is 0.0772 e. The van der Waals surface area contributed by atoms with Crippen LogP contribution in [0.3, 0.4) is 0 Å². The number of fused-ring (bicyclic) bond motifs is 3. The van der Waals surface area contributed by atoms with E-state index in [4.69, 9.17) is 0 Å². The van der Waals surface area contributed by atoms with Gasteiger partial charge in [-0.2, -0.15) is 0 Å². The Bertz CT molecular complexity index is 1740. The van der Waals surface area contributed by atoms with Crippen LogP contribution in [0, 0.1) is 0 Å². The molecule has 4 aromatic carbocycles. The third-order valence-corrected chi connectivity index (χ3v) is 12.5. The number of rotatable bonds is 6. The molecule has 0 bridgehead atoms. The van der Waals surface area contributed by atoms with Crippen molar-refractivity contribution in [2.24, 2.45) is 0 Å². The number of benzene rings is 4. The van der Waals surface area contributed by atoms with E-state index in [1.165, 1.54) is 38.9 Å². The van der Waals surface area contributed by atoms with Gasteiger partial charge >= 0.3 is 0 Å². The lowest BCUT2D eigenvalue weighted by molar-refractivity contribution is 0.551. The zero-order chi connectivity index (χ0) is 32.4. The molecule has 0 heterocycles. The molecule has 1 atom stereocenters. The van der Waals surface area contributed by atoms with Crippen LogP contribution in [0.1, 0.15) is 98.9 Å². The second-order valence-electron chi connectivity index (χ2n) is 16.9. The standard InChI is InChI=1S/C44H52Si/c1-42(2,3)34-23-21-30-26-37-38(36(30)27-34)28-40(43(4,5)6)41(31-22-24-35(25-31)45(8,9)10)39(37)29-44(7,32-17-13-11-14-18-32)33-19-15-12-16-20-33/h11-25,27-28,31H,26,29H2,1-10H3. The van der Waals surface area contributed by atoms with Crippen LogP contribution in [0.25, 0.3) is 11.1 Å². The first-order valence-corrected chi connectivity index (χ1v) is 20.4. The molecule has 0 aliphatic heterocycles. The highest BCUT2D eigenvalue weighted by Gasteiger charge is 2.38. The summed E-state index contributed by atoms with van der Waals surface area (Å²) in [7, 11) is -1.45. The summed E-state index contributed by atoms with van der Waals surface area (Å²) in [5.74, 6) is 0.297. The maximum absolute atomic E-state index is 2.62. The van der Waals surface area contributed by atoms with Gasteiger partial charge in [0.1, 0.15) is 0 Å². The smallest absolute Gasteiger partial charge is 0.0740 e. The summed E-state index contributed by atoms with van der Waals surface area (Å²) in [6.07, 6.45) is 9.55. The van der Waals surface area contributed by atoms with E-state index in [9.17, 15) is 0 Å². The van der Waals surface area contributed by atoms with Crippen molar-refractivity contribution in [1.29, 1.82) is 0 Å². The van der Waals surface area contributed by atoms with Crippen molar-refractivity contribution in [3.8, 4) is 11.1 Å². The van der Waals surface area contributed by atoms with Gasteiger partial charge in [0.25, 0.3) is 0 Å². The van der Waals surface area contributed by atoms with Gasteiger partial charge in [0.05, 0.1) is 8.07 Å². The summed E-state index contributed by atoms with van der Waals surface area (Å²) in [5.41, 5.74) is 14.6. The Morgan fingerprint density at radius 2 is 1.27 bits per heavy atom. The van der Waals surface area contributed by atoms with Crippen molar-refractivity contribution >= 4 is 8.07 Å². The Morgan fingerprint density at radius 1 is 0.667 bits per heavy atom. The lowest BCUT2D eigenvalue weighted by atomic mass is 9.67. The van der Waals surface area contributed by atoms with Gasteiger partial charge in [0.15, 0.2) is 0 Å². The predicted octanol–water partition coefficient (Wildman–Crippen LogP) is 11.9. The molecule has 45 heavy (non-hydrogen) atoms. The molecule has 0 aromatic heterocycles. The molecule has 4 aromatic rings. The Hall–Kier alpha value is -3.42. The van der Waals surface area contributed by atoms with Crippen LogP contribution in [0.4, 0.5) is 0 Å². The van der Waals surface area contributed by atoms with Crippen LogP contribution < -0.4 is 0 Å². The molecule has 0 fully saturated rings. The fraction of sp³-hybridized carbons (Fsp3) is 0.364. The summed E-state index contributed by atoms with van der Waals surface area (Å²) in [6.45, 7) is 24.2. The van der Waals surface area contributed by atoms with E-state index in [2.05, 4.69) is 171 Å². The number of hydrogen-bond donors (Lipinski definition) is 0. The highest BCUT2D eigenvalue weighted by Crippen LogP contribution is 2.50. The van der Waals surface area contributed by atoms with Gasteiger partial charge in [-0.25, -0.2) is 0 Å². The van der Waals surface area contributed by atoms with Crippen molar-refractivity contribution < 1.29 is 0 Å². The molecule has 0 saturated carbocycles. The van der Waals surface area contributed by atoms with E-state index in [1.54, 1.807) is 21.9 Å². The average Bonchev–Trinajstić information content (AvgIpc) is 3.62. The quantitative estimate of drug-likeness (QED) is 0.168. The van der Waals surface area contributed by atoms with E-state index >= 15 is 0 Å². The van der Waals surface area contributed by atoms with Crippen LogP contribution in [-0.2, 0) is 29.1 Å². The highest BCUT2D eigenvalue weighted by molar-refractivity contribution is 6.83. The van der Waals surface area contributed by atoms with Crippen molar-refractivity contribution in [3.63, 3.8) is 0 Å². The first-order valence-electron chi connectivity index (χ1n) is 16.9. The van der Waals surface area contributed by atoms with E-state index in [-0.39, 0.29) is 16.2 Å². The summed E-state index contributed by atoms with van der Waals surface area (Å²) >= 11 is 0. The second kappa shape index (κ2) is 11.1. The lowest BCUT2D eigenvalue weighted by Gasteiger charge is -2.36. The topological polar surface area (TPSA) is 0 Å². The first-order chi connectivity index (χ1) is 21.1. The van der Waals surface area contributed by atoms with E-state index in [0.29, 0.717) is 5.92 Å². The third kappa shape index (κ3) is 5.85. The SMILES string of the molecule is CC(C)(C)c1ccc2c(c1)-c1cc(C(C)(C)C)c(C3C=CC([Si](C)(C)C)=C3)c(CC(C)(c3ccccc3)c3ccccc3)c1C2. The summed E-state index contributed by atoms with van der Waals surface area (Å²) in [5, 5.41) is 1.57. The second-order valence-corrected chi connectivity index (χ2v) is 22.0. The zero-order valence-electron chi connectivity index (χ0n) is 29.3. The molecule has 0 radical (unpaired) electrons. The highest BCUT2D eigenvalue weighted by atomic mass is 28.3. The molecule has 2 aliphatic carbocycles. The number of allylic oxidation sites excluding steroid dienone is 4. The fourth-order valence-electron chi connectivity index (χ4n) is 7.61. The Kier molecular flexibility index (Phi) is 7.80. The van der Waals surface area contributed by atoms with Crippen molar-refractivity contribution in [2.75, 3.05) is 0 Å². The van der Waals surface area contributed by atoms with Gasteiger partial charge in [0.2, 0.25) is 0 Å². The van der Waals surface area contributed by atoms with Crippen LogP contribution in [-0.4, -0.2) is 8.07 Å². The minimum absolute atomic E-state index is 0.00297. The van der Waals surface area contributed by atoms with Crippen molar-refractivity contribution in [1.82, 2.24) is 0 Å². The lowest BCUT2D eigenvalue weighted by Crippen LogP contribution is -2.29. The molecule has 0 nitrogen and oxygen atoms in total. The minimum atomic E-state index is -1.45. The predicted molar refractivity (Wildman–Crippen MR) is 198 cm³/mol. The molecule has 2 aliphatic rings. The van der Waals surface area contributed by atoms with Gasteiger partial charge < -0.3 is 0 Å².